The summed E-state index contributed by atoms with van der Waals surface area (Å²) in [6.45, 7) is 31.5. The van der Waals surface area contributed by atoms with Crippen LogP contribution in [-0.4, -0.2) is 65.7 Å². The Kier molecular flexibility index (Phi) is 25.5. The van der Waals surface area contributed by atoms with E-state index in [1.165, 1.54) is 29.6 Å². The van der Waals surface area contributed by atoms with E-state index in [-0.39, 0.29) is 23.7 Å². The van der Waals surface area contributed by atoms with Crippen LogP contribution in [0.1, 0.15) is 178 Å². The molecule has 0 radical (unpaired) electrons. The Morgan fingerprint density at radius 1 is 0.871 bits per heavy atom. The number of Topliss-reactive ketones (excluding diaryl/α,β-unsaturated/α-hetero) is 2. The lowest BCUT2D eigenvalue weighted by Crippen LogP contribution is -2.51. The molecule has 4 aliphatic rings. The number of hydrogen-bond donors (Lipinski definition) is 2. The molecular weight excluding hydrogens is 767 g/mol. The number of nitrogens with zero attached hydrogens (tertiary/aromatic N) is 1. The van der Waals surface area contributed by atoms with Gasteiger partial charge >= 0.3 is 0 Å². The molecule has 0 aromatic rings. The summed E-state index contributed by atoms with van der Waals surface area (Å²) in [6, 6.07) is -0.171. The Morgan fingerprint density at radius 2 is 1.58 bits per heavy atom. The number of hydrogen-bond acceptors (Lipinski definition) is 6. The number of piperidine rings is 1. The predicted octanol–water partition coefficient (Wildman–Crippen LogP) is 13.6. The second kappa shape index (κ2) is 28.4. The summed E-state index contributed by atoms with van der Waals surface area (Å²) in [7, 11) is 2.84. The van der Waals surface area contributed by atoms with E-state index >= 15 is 0 Å². The van der Waals surface area contributed by atoms with Crippen molar-refractivity contribution in [3.8, 4) is 0 Å². The standard InChI is InChI=1S/C55H91NO4.CH4O/c1-14-48-34-40(4)33-42(6)53(58)29-28-49(35-47-26-21-27-51(36-47)60-13)50-30-31-56(52(37-50)46(10)57)45(9)54(59)55(11,12)43(7)25-20-16-18-23-38(2)22-17-15-19-24-39(3)32-41(5)44(48)8;1-2/h15,17,19,22,24,33,39,41-43,46-52,57H,8-9,14,16,18,20-21,23,25-32,34-37H2,1-7,10-13H3;2H,1H3/b17-15+,24-19+,38-22+,40-33+;/t39-,41?,42-,43?,46?,47?,48?,49?,50+,51?,52?;/m1./s1. The Bertz CT molecular complexity index is 1500. The molecule has 1 saturated heterocycles. The normalized spacial score (nSPS) is 35.7. The molecule has 2 N–H and O–H groups in total. The molecule has 3 aliphatic heterocycles. The van der Waals surface area contributed by atoms with Crippen LogP contribution >= 0.6 is 0 Å². The summed E-state index contributed by atoms with van der Waals surface area (Å²) < 4.78 is 5.85. The van der Waals surface area contributed by atoms with Crippen LogP contribution in [0, 0.1) is 52.8 Å². The van der Waals surface area contributed by atoms with Gasteiger partial charge in [0, 0.05) is 38.5 Å². The van der Waals surface area contributed by atoms with Crippen LogP contribution < -0.4 is 0 Å². The number of methoxy groups -OCH3 is 1. The molecule has 0 aromatic heterocycles. The van der Waals surface area contributed by atoms with Gasteiger partial charge in [0.25, 0.3) is 0 Å². The van der Waals surface area contributed by atoms with Crippen LogP contribution in [0.4, 0.5) is 0 Å². The Morgan fingerprint density at radius 3 is 2.24 bits per heavy atom. The van der Waals surface area contributed by atoms with Crippen molar-refractivity contribution in [1.29, 1.82) is 0 Å². The number of carbonyl (C=O) groups is 2. The van der Waals surface area contributed by atoms with E-state index in [0.717, 1.165) is 97.0 Å². The summed E-state index contributed by atoms with van der Waals surface area (Å²) in [5.74, 6) is 3.15. The fourth-order valence-electron chi connectivity index (χ4n) is 10.9. The van der Waals surface area contributed by atoms with Gasteiger partial charge in [0.05, 0.1) is 23.9 Å². The number of carbonyl (C=O) groups excluding carboxylic acids is 2. The molecular formula is C56H95NO5. The first-order valence-corrected chi connectivity index (χ1v) is 24.9. The SMILES string of the molecule is C=C1C(C)C[C@H](C)/C=C/C=C/C=C(\C)CCCCCC(C)C(C)(C)C(=O)C(=C)N2CC[C@@H](CC2C(C)O)C(CC2CCCC(OC)C2)CCC(=O)[C@H](C)/C=C(\C)CC1CC.CO. The van der Waals surface area contributed by atoms with Gasteiger partial charge in [-0.2, -0.15) is 0 Å². The zero-order valence-electron chi connectivity index (χ0n) is 42.0. The Hall–Kier alpha value is -2.54. The molecule has 3 heterocycles. The van der Waals surface area contributed by atoms with Gasteiger partial charge in [0.1, 0.15) is 5.78 Å². The number of rotatable bonds is 5. The van der Waals surface area contributed by atoms with Crippen LogP contribution in [0.15, 0.2) is 72.0 Å². The van der Waals surface area contributed by atoms with Gasteiger partial charge < -0.3 is 19.8 Å². The first-order valence-electron chi connectivity index (χ1n) is 24.9. The average molecular weight is 862 g/mol. The van der Waals surface area contributed by atoms with Gasteiger partial charge in [-0.15, -0.1) is 0 Å². The van der Waals surface area contributed by atoms with Crippen LogP contribution in [-0.2, 0) is 14.3 Å². The zero-order chi connectivity index (χ0) is 46.6. The average Bonchev–Trinajstić information content (AvgIpc) is 3.25. The lowest BCUT2D eigenvalue weighted by atomic mass is 9.70. The van der Waals surface area contributed by atoms with E-state index in [1.54, 1.807) is 0 Å². The van der Waals surface area contributed by atoms with Crippen molar-refractivity contribution in [1.82, 2.24) is 4.90 Å². The van der Waals surface area contributed by atoms with Gasteiger partial charge in [0.2, 0.25) is 0 Å². The minimum Gasteiger partial charge on any atom is -0.400 e. The molecule has 62 heavy (non-hydrogen) atoms. The van der Waals surface area contributed by atoms with Crippen molar-refractivity contribution in [2.75, 3.05) is 20.8 Å². The first kappa shape index (κ1) is 55.6. The fraction of sp³-hybridized carbons (Fsp3) is 0.750. The number of aliphatic hydroxyl groups excluding tert-OH is 2. The largest absolute Gasteiger partial charge is 0.400 e. The summed E-state index contributed by atoms with van der Waals surface area (Å²) in [4.78, 5) is 30.4. The third-order valence-electron chi connectivity index (χ3n) is 15.5. The quantitative estimate of drug-likeness (QED) is 0.211. The van der Waals surface area contributed by atoms with E-state index in [4.69, 9.17) is 9.84 Å². The van der Waals surface area contributed by atoms with Crippen molar-refractivity contribution in [2.45, 2.75) is 197 Å². The second-order valence-corrected chi connectivity index (χ2v) is 20.8. The smallest absolute Gasteiger partial charge is 0.184 e. The minimum atomic E-state index is -0.595. The van der Waals surface area contributed by atoms with Crippen LogP contribution in [0.3, 0.4) is 0 Å². The molecule has 4 rings (SSSR count). The molecule has 1 saturated carbocycles. The maximum absolute atomic E-state index is 14.3. The van der Waals surface area contributed by atoms with Crippen LogP contribution in [0.25, 0.3) is 0 Å². The highest BCUT2D eigenvalue weighted by atomic mass is 16.5. The van der Waals surface area contributed by atoms with Gasteiger partial charge in [-0.1, -0.05) is 140 Å². The maximum atomic E-state index is 14.3. The first-order chi connectivity index (χ1) is 29.4. The zero-order valence-corrected chi connectivity index (χ0v) is 42.0. The highest BCUT2D eigenvalue weighted by Crippen LogP contribution is 2.43. The van der Waals surface area contributed by atoms with Crippen LogP contribution in [0.5, 0.6) is 0 Å². The highest BCUT2D eigenvalue weighted by Gasteiger charge is 2.42. The number of aliphatic hydroxyl groups is 2. The molecule has 2 bridgehead atoms. The summed E-state index contributed by atoms with van der Waals surface area (Å²) in [6.07, 6.45) is 30.5. The van der Waals surface area contributed by atoms with E-state index in [2.05, 4.69) is 117 Å². The predicted molar refractivity (Wildman–Crippen MR) is 264 cm³/mol. The van der Waals surface area contributed by atoms with E-state index in [0.29, 0.717) is 66.1 Å². The van der Waals surface area contributed by atoms with Gasteiger partial charge in [0.15, 0.2) is 5.78 Å². The second-order valence-electron chi connectivity index (χ2n) is 20.8. The molecule has 11 atom stereocenters. The van der Waals surface area contributed by atoms with Gasteiger partial charge in [-0.05, 0) is 139 Å². The minimum absolute atomic E-state index is 0.107. The molecule has 0 amide bonds. The summed E-state index contributed by atoms with van der Waals surface area (Å²) >= 11 is 0. The molecule has 6 heteroatoms. The van der Waals surface area contributed by atoms with Crippen molar-refractivity contribution in [3.63, 3.8) is 0 Å². The number of ketones is 2. The molecule has 8 unspecified atom stereocenters. The molecule has 0 aromatic carbocycles. The molecule has 2 fully saturated rings. The molecule has 6 nitrogen and oxygen atoms in total. The fourth-order valence-corrected chi connectivity index (χ4v) is 10.9. The molecule has 0 spiro atoms. The lowest BCUT2D eigenvalue weighted by Gasteiger charge is -2.47. The van der Waals surface area contributed by atoms with Crippen LogP contribution in [0.2, 0.25) is 0 Å². The summed E-state index contributed by atoms with van der Waals surface area (Å²) in [5.41, 5.74) is 4.02. The molecule has 354 valence electrons. The third-order valence-corrected chi connectivity index (χ3v) is 15.5. The van der Waals surface area contributed by atoms with E-state index in [9.17, 15) is 14.7 Å². The Labute approximate surface area is 381 Å². The lowest BCUT2D eigenvalue weighted by molar-refractivity contribution is -0.128. The van der Waals surface area contributed by atoms with E-state index < -0.39 is 11.5 Å². The Balaban J connectivity index is 0.00000651. The number of allylic oxidation sites excluding steroid dienone is 10. The van der Waals surface area contributed by atoms with Crippen molar-refractivity contribution in [2.24, 2.45) is 52.8 Å². The van der Waals surface area contributed by atoms with Crippen molar-refractivity contribution < 1.29 is 24.5 Å². The van der Waals surface area contributed by atoms with E-state index in [1.807, 2.05) is 14.0 Å². The highest BCUT2D eigenvalue weighted by molar-refractivity contribution is 5.98. The monoisotopic (exact) mass is 862 g/mol. The van der Waals surface area contributed by atoms with Crippen molar-refractivity contribution >= 4 is 11.6 Å². The molecule has 1 aliphatic carbocycles. The summed E-state index contributed by atoms with van der Waals surface area (Å²) in [5, 5.41) is 18.3. The number of fused-ring (bicyclic) bond motifs is 25. The maximum Gasteiger partial charge on any atom is 0.184 e. The topological polar surface area (TPSA) is 87.1 Å². The van der Waals surface area contributed by atoms with Gasteiger partial charge in [-0.3, -0.25) is 9.59 Å². The van der Waals surface area contributed by atoms with Crippen molar-refractivity contribution in [3.05, 3.63) is 72.0 Å². The third kappa shape index (κ3) is 17.8. The number of ether oxygens (including phenoxy) is 1. The van der Waals surface area contributed by atoms with Gasteiger partial charge in [-0.25, -0.2) is 0 Å².